The Morgan fingerprint density at radius 2 is 1.65 bits per heavy atom. The Balaban J connectivity index is 1.60. The van der Waals surface area contributed by atoms with Gasteiger partial charge in [0, 0.05) is 22.9 Å². The first-order valence-corrected chi connectivity index (χ1v) is 16.2. The lowest BCUT2D eigenvalue weighted by Crippen LogP contribution is -2.41. The second kappa shape index (κ2) is 7.42. The number of sulfone groups is 1. The van der Waals surface area contributed by atoms with Crippen molar-refractivity contribution in [1.29, 1.82) is 0 Å². The van der Waals surface area contributed by atoms with Crippen LogP contribution in [0, 0.1) is 5.92 Å². The van der Waals surface area contributed by atoms with Crippen molar-refractivity contribution in [2.75, 3.05) is 0 Å². The van der Waals surface area contributed by atoms with Crippen molar-refractivity contribution in [3.63, 3.8) is 0 Å². The first-order valence-electron chi connectivity index (χ1n) is 11.2. The van der Waals surface area contributed by atoms with E-state index < -0.39 is 17.9 Å². The molecule has 3 nitrogen and oxygen atoms in total. The number of hydrogen-bond acceptors (Lipinski definition) is 3. The summed E-state index contributed by atoms with van der Waals surface area (Å²) >= 11 is 0. The number of hydrogen-bond donors (Lipinski definition) is 0. The number of pyridine rings is 1. The van der Waals surface area contributed by atoms with Crippen LogP contribution in [0.15, 0.2) is 64.5 Å². The van der Waals surface area contributed by atoms with Gasteiger partial charge in [0.2, 0.25) is 9.84 Å². The van der Waals surface area contributed by atoms with Gasteiger partial charge in [-0.15, -0.1) is 0 Å². The zero-order chi connectivity index (χ0) is 21.8. The maximum Gasteiger partial charge on any atom is 0.207 e. The summed E-state index contributed by atoms with van der Waals surface area (Å²) in [6.45, 7) is 7.16. The monoisotopic (exact) mass is 447 g/mol. The molecule has 0 amide bonds. The van der Waals surface area contributed by atoms with E-state index in [1.54, 1.807) is 18.2 Å². The second-order valence-electron chi connectivity index (χ2n) is 10.0. The molecule has 3 aromatic rings. The lowest BCUT2D eigenvalue weighted by atomic mass is 9.96. The van der Waals surface area contributed by atoms with Gasteiger partial charge in [-0.25, -0.2) is 8.42 Å². The first-order chi connectivity index (χ1) is 14.7. The Kier molecular flexibility index (Phi) is 4.94. The summed E-state index contributed by atoms with van der Waals surface area (Å²) in [5.74, 6) is 0.780. The van der Waals surface area contributed by atoms with Gasteiger partial charge in [-0.1, -0.05) is 69.6 Å². The molecule has 1 saturated carbocycles. The minimum atomic E-state index is -3.43. The highest BCUT2D eigenvalue weighted by Crippen LogP contribution is 2.44. The van der Waals surface area contributed by atoms with Crippen molar-refractivity contribution in [3.05, 3.63) is 60.3 Å². The lowest BCUT2D eigenvalue weighted by Gasteiger charge is -2.23. The van der Waals surface area contributed by atoms with Gasteiger partial charge in [0.05, 0.1) is 23.6 Å². The van der Waals surface area contributed by atoms with Crippen LogP contribution in [0.4, 0.5) is 0 Å². The highest BCUT2D eigenvalue weighted by Gasteiger charge is 2.33. The van der Waals surface area contributed by atoms with Gasteiger partial charge in [-0.2, -0.15) is 0 Å². The van der Waals surface area contributed by atoms with E-state index in [1.165, 1.54) is 36.4 Å². The highest BCUT2D eigenvalue weighted by atomic mass is 32.2. The quantitative estimate of drug-likeness (QED) is 0.369. The molecule has 2 heterocycles. The lowest BCUT2D eigenvalue weighted by molar-refractivity contribution is 0.547. The normalized spacial score (nSPS) is 17.5. The highest BCUT2D eigenvalue weighted by molar-refractivity contribution is 7.92. The molecular formula is C26H29NO2SSi. The predicted molar refractivity (Wildman–Crippen MR) is 129 cm³/mol. The average molecular weight is 448 g/mol. The van der Waals surface area contributed by atoms with E-state index in [-0.39, 0.29) is 0 Å². The second-order valence-corrected chi connectivity index (χ2v) is 17.0. The predicted octanol–water partition coefficient (Wildman–Crippen LogP) is 5.84. The van der Waals surface area contributed by atoms with Crippen molar-refractivity contribution in [2.45, 2.75) is 61.5 Å². The maximum absolute atomic E-state index is 12.9. The average Bonchev–Trinajstić information content (AvgIpc) is 3.32. The van der Waals surface area contributed by atoms with Crippen molar-refractivity contribution < 1.29 is 8.42 Å². The molecule has 0 atom stereocenters. The molecule has 0 bridgehead atoms. The fourth-order valence-electron chi connectivity index (χ4n) is 5.20. The molecule has 31 heavy (non-hydrogen) atoms. The standard InChI is InChI=1S/C26H29NO2SSi/c1-31(2,3)26-17-27-23(16-20(26)14-18-8-4-5-9-18)19-12-13-25-22(15-19)21-10-6-7-11-24(21)30(25,28)29/h6-7,10-13,15-18H,4-5,8-9,14H2,1-3H3. The third-order valence-corrected chi connectivity index (χ3v) is 10.7. The summed E-state index contributed by atoms with van der Waals surface area (Å²) in [5.41, 5.74) is 4.97. The summed E-state index contributed by atoms with van der Waals surface area (Å²) in [6, 6.07) is 15.2. The third-order valence-electron chi connectivity index (χ3n) is 6.81. The molecule has 0 N–H and O–H groups in total. The Labute approximate surface area is 186 Å². The summed E-state index contributed by atoms with van der Waals surface area (Å²) in [7, 11) is -4.93. The number of nitrogens with zero attached hydrogens (tertiary/aromatic N) is 1. The van der Waals surface area contributed by atoms with Gasteiger partial charge in [-0.05, 0) is 47.4 Å². The summed E-state index contributed by atoms with van der Waals surface area (Å²) in [6.07, 6.45) is 8.60. The molecule has 0 spiro atoms. The van der Waals surface area contributed by atoms with Crippen LogP contribution in [0.5, 0.6) is 0 Å². The number of aromatic nitrogens is 1. The smallest absolute Gasteiger partial charge is 0.207 e. The Bertz CT molecular complexity index is 1270. The Hall–Kier alpha value is -2.24. The van der Waals surface area contributed by atoms with Crippen molar-refractivity contribution in [3.8, 4) is 22.4 Å². The maximum atomic E-state index is 12.9. The van der Waals surface area contributed by atoms with E-state index in [2.05, 4.69) is 31.9 Å². The molecule has 0 unspecified atom stereocenters. The van der Waals surface area contributed by atoms with Crippen LogP contribution in [0.2, 0.25) is 19.6 Å². The molecule has 5 rings (SSSR count). The van der Waals surface area contributed by atoms with Gasteiger partial charge in [0.15, 0.2) is 0 Å². The summed E-state index contributed by atoms with van der Waals surface area (Å²) in [5, 5.41) is 1.46. The third kappa shape index (κ3) is 3.58. The topological polar surface area (TPSA) is 47.0 Å². The van der Waals surface area contributed by atoms with Gasteiger partial charge < -0.3 is 0 Å². The number of benzene rings is 2. The van der Waals surface area contributed by atoms with Crippen LogP contribution < -0.4 is 5.19 Å². The zero-order valence-corrected chi connectivity index (χ0v) is 20.3. The van der Waals surface area contributed by atoms with E-state index in [0.29, 0.717) is 9.79 Å². The number of fused-ring (bicyclic) bond motifs is 3. The summed E-state index contributed by atoms with van der Waals surface area (Å²) in [4.78, 5) is 5.67. The zero-order valence-electron chi connectivity index (χ0n) is 18.5. The van der Waals surface area contributed by atoms with Crippen LogP contribution in [-0.2, 0) is 16.3 Å². The molecule has 5 heteroatoms. The molecule has 1 fully saturated rings. The molecule has 0 saturated heterocycles. The minimum absolute atomic E-state index is 0.405. The van der Waals surface area contributed by atoms with Crippen molar-refractivity contribution >= 4 is 23.1 Å². The SMILES string of the molecule is C[Si](C)(C)c1cnc(-c2ccc3c(c2)-c2ccccc2S3(=O)=O)cc1CC1CCCC1. The van der Waals surface area contributed by atoms with E-state index in [1.807, 2.05) is 24.3 Å². The number of rotatable bonds is 4. The van der Waals surface area contributed by atoms with E-state index >= 15 is 0 Å². The molecule has 1 aliphatic heterocycles. The molecule has 2 aromatic carbocycles. The van der Waals surface area contributed by atoms with E-state index in [0.717, 1.165) is 34.7 Å². The van der Waals surface area contributed by atoms with Gasteiger partial charge in [0.25, 0.3) is 0 Å². The Morgan fingerprint density at radius 1 is 0.935 bits per heavy atom. The fraction of sp³-hybridized carbons (Fsp3) is 0.346. The largest absolute Gasteiger partial charge is 0.256 e. The Morgan fingerprint density at radius 3 is 2.39 bits per heavy atom. The van der Waals surface area contributed by atoms with Gasteiger partial charge in [0.1, 0.15) is 0 Å². The molecule has 0 radical (unpaired) electrons. The van der Waals surface area contributed by atoms with Crippen LogP contribution in [0.25, 0.3) is 22.4 Å². The fourth-order valence-corrected chi connectivity index (χ4v) is 8.46. The molecular weight excluding hydrogens is 418 g/mol. The minimum Gasteiger partial charge on any atom is -0.256 e. The molecule has 160 valence electrons. The van der Waals surface area contributed by atoms with Crippen LogP contribution >= 0.6 is 0 Å². The molecule has 1 aliphatic carbocycles. The van der Waals surface area contributed by atoms with E-state index in [9.17, 15) is 8.42 Å². The van der Waals surface area contributed by atoms with Crippen LogP contribution in [-0.4, -0.2) is 21.5 Å². The van der Waals surface area contributed by atoms with E-state index in [4.69, 9.17) is 4.98 Å². The molecule has 2 aliphatic rings. The summed E-state index contributed by atoms with van der Waals surface area (Å²) < 4.78 is 25.8. The van der Waals surface area contributed by atoms with Gasteiger partial charge >= 0.3 is 0 Å². The van der Waals surface area contributed by atoms with Crippen molar-refractivity contribution in [2.24, 2.45) is 5.92 Å². The van der Waals surface area contributed by atoms with Crippen LogP contribution in [0.1, 0.15) is 31.2 Å². The van der Waals surface area contributed by atoms with Crippen molar-refractivity contribution in [1.82, 2.24) is 4.98 Å². The van der Waals surface area contributed by atoms with Gasteiger partial charge in [-0.3, -0.25) is 4.98 Å². The first kappa shape index (κ1) is 20.6. The molecule has 1 aromatic heterocycles. The van der Waals surface area contributed by atoms with Crippen LogP contribution in [0.3, 0.4) is 0 Å².